The van der Waals surface area contributed by atoms with Gasteiger partial charge in [0.25, 0.3) is 0 Å². The molecule has 32 heavy (non-hydrogen) atoms. The summed E-state index contributed by atoms with van der Waals surface area (Å²) in [6, 6.07) is 7.95. The van der Waals surface area contributed by atoms with Gasteiger partial charge in [0.1, 0.15) is 10.6 Å². The number of hydrogen-bond acceptors (Lipinski definition) is 4. The number of benzene rings is 2. The molecule has 11 heteroatoms. The molecule has 6 nitrogen and oxygen atoms in total. The molecule has 1 N–H and O–H groups in total. The second-order valence-electron chi connectivity index (χ2n) is 7.51. The molecule has 0 spiro atoms. The lowest BCUT2D eigenvalue weighted by atomic mass is 9.97. The van der Waals surface area contributed by atoms with Gasteiger partial charge in [-0.3, -0.25) is 4.79 Å². The van der Waals surface area contributed by atoms with Gasteiger partial charge in [0, 0.05) is 24.0 Å². The highest BCUT2D eigenvalue weighted by Crippen LogP contribution is 2.37. The number of nitrogens with zero attached hydrogens (tertiary/aromatic N) is 1. The van der Waals surface area contributed by atoms with Crippen LogP contribution in [0.5, 0.6) is 5.75 Å². The lowest BCUT2D eigenvalue weighted by molar-refractivity contribution is -0.137. The van der Waals surface area contributed by atoms with Crippen molar-refractivity contribution in [3.05, 3.63) is 52.5 Å². The van der Waals surface area contributed by atoms with Crippen LogP contribution in [0.3, 0.4) is 0 Å². The van der Waals surface area contributed by atoms with E-state index in [1.54, 1.807) is 19.1 Å². The number of anilines is 1. The second kappa shape index (κ2) is 9.29. The lowest BCUT2D eigenvalue weighted by Crippen LogP contribution is -2.41. The molecule has 1 saturated heterocycles. The Labute approximate surface area is 189 Å². The number of amides is 1. The standard InChI is InChI=1S/C21H22ClF3N2O4S/c1-13-3-6-18(31-2)19(11-13)32(29,30)27-9-7-14(8-10-27)20(28)26-17-5-4-15(22)12-16(17)21(23,24)25/h3-6,11-12,14H,7-10H2,1-2H3,(H,26,28). The largest absolute Gasteiger partial charge is 0.495 e. The van der Waals surface area contributed by atoms with Crippen LogP contribution >= 0.6 is 11.6 Å². The predicted octanol–water partition coefficient (Wildman–Crippen LogP) is 4.72. The van der Waals surface area contributed by atoms with Crippen LogP contribution in [0.2, 0.25) is 5.02 Å². The Kier molecular flexibility index (Phi) is 7.06. The molecule has 0 unspecified atom stereocenters. The Balaban J connectivity index is 1.72. The van der Waals surface area contributed by atoms with E-state index in [-0.39, 0.29) is 47.3 Å². The summed E-state index contributed by atoms with van der Waals surface area (Å²) in [6.45, 7) is 1.88. The molecule has 1 fully saturated rings. The summed E-state index contributed by atoms with van der Waals surface area (Å²) in [5, 5.41) is 2.22. The van der Waals surface area contributed by atoms with E-state index in [1.165, 1.54) is 23.5 Å². The molecule has 2 aromatic rings. The third-order valence-corrected chi connectivity index (χ3v) is 7.46. The molecule has 2 aromatic carbocycles. The number of sulfonamides is 1. The fraction of sp³-hybridized carbons (Fsp3) is 0.381. The molecule has 0 saturated carbocycles. The number of carbonyl (C=O) groups is 1. The van der Waals surface area contributed by atoms with E-state index in [2.05, 4.69) is 5.32 Å². The fourth-order valence-corrected chi connectivity index (χ4v) is 5.46. The first kappa shape index (κ1) is 24.3. The molecule has 1 aliphatic rings. The predicted molar refractivity (Wildman–Crippen MR) is 114 cm³/mol. The van der Waals surface area contributed by atoms with Gasteiger partial charge in [-0.15, -0.1) is 0 Å². The minimum absolute atomic E-state index is 0.0406. The Morgan fingerprint density at radius 2 is 1.81 bits per heavy atom. The van der Waals surface area contributed by atoms with E-state index in [0.717, 1.165) is 17.7 Å². The van der Waals surface area contributed by atoms with Crippen LogP contribution in [0.4, 0.5) is 18.9 Å². The average molecular weight is 491 g/mol. The molecule has 174 valence electrons. The first-order valence-electron chi connectivity index (χ1n) is 9.76. The van der Waals surface area contributed by atoms with Crippen molar-refractivity contribution in [2.24, 2.45) is 5.92 Å². The van der Waals surface area contributed by atoms with Gasteiger partial charge in [-0.05, 0) is 55.7 Å². The number of rotatable bonds is 5. The second-order valence-corrected chi connectivity index (χ2v) is 9.85. The number of carbonyl (C=O) groups excluding carboxylic acids is 1. The average Bonchev–Trinajstić information content (AvgIpc) is 2.74. The highest BCUT2D eigenvalue weighted by molar-refractivity contribution is 7.89. The Morgan fingerprint density at radius 3 is 2.41 bits per heavy atom. The van der Waals surface area contributed by atoms with Crippen LogP contribution in [0, 0.1) is 12.8 Å². The van der Waals surface area contributed by atoms with Crippen LogP contribution in [0.1, 0.15) is 24.0 Å². The lowest BCUT2D eigenvalue weighted by Gasteiger charge is -2.31. The normalized spacial score (nSPS) is 16.1. The highest BCUT2D eigenvalue weighted by atomic mass is 35.5. The molecular weight excluding hydrogens is 469 g/mol. The Hall–Kier alpha value is -2.30. The van der Waals surface area contributed by atoms with E-state index in [0.29, 0.717) is 0 Å². The number of piperidine rings is 1. The number of ether oxygens (including phenoxy) is 1. The molecule has 0 atom stereocenters. The van der Waals surface area contributed by atoms with Crippen molar-refractivity contribution in [2.75, 3.05) is 25.5 Å². The highest BCUT2D eigenvalue weighted by Gasteiger charge is 2.36. The van der Waals surface area contributed by atoms with Crippen molar-refractivity contribution in [1.82, 2.24) is 4.31 Å². The zero-order chi connectivity index (χ0) is 23.7. The van der Waals surface area contributed by atoms with Crippen molar-refractivity contribution in [3.63, 3.8) is 0 Å². The van der Waals surface area contributed by atoms with Gasteiger partial charge in [-0.2, -0.15) is 17.5 Å². The zero-order valence-corrected chi connectivity index (χ0v) is 18.9. The van der Waals surface area contributed by atoms with Gasteiger partial charge in [0.05, 0.1) is 18.4 Å². The molecular formula is C21H22ClF3N2O4S. The van der Waals surface area contributed by atoms with Gasteiger partial charge >= 0.3 is 6.18 Å². The van der Waals surface area contributed by atoms with Crippen LogP contribution in [-0.2, 0) is 21.0 Å². The number of nitrogens with one attached hydrogen (secondary N) is 1. The van der Waals surface area contributed by atoms with Crippen molar-refractivity contribution in [3.8, 4) is 5.75 Å². The van der Waals surface area contributed by atoms with Crippen LogP contribution in [0.25, 0.3) is 0 Å². The van der Waals surface area contributed by atoms with Gasteiger partial charge in [-0.25, -0.2) is 8.42 Å². The zero-order valence-electron chi connectivity index (χ0n) is 17.4. The molecule has 0 bridgehead atoms. The molecule has 1 aliphatic heterocycles. The third kappa shape index (κ3) is 5.19. The number of alkyl halides is 3. The van der Waals surface area contributed by atoms with E-state index >= 15 is 0 Å². The summed E-state index contributed by atoms with van der Waals surface area (Å²) in [5.74, 6) is -1.00. The van der Waals surface area contributed by atoms with E-state index < -0.39 is 33.6 Å². The van der Waals surface area contributed by atoms with Gasteiger partial charge in [0.2, 0.25) is 15.9 Å². The van der Waals surface area contributed by atoms with Crippen molar-refractivity contribution in [1.29, 1.82) is 0 Å². The van der Waals surface area contributed by atoms with Crippen LogP contribution < -0.4 is 10.1 Å². The van der Waals surface area contributed by atoms with E-state index in [9.17, 15) is 26.4 Å². The van der Waals surface area contributed by atoms with Crippen molar-refractivity contribution < 1.29 is 31.1 Å². The summed E-state index contributed by atoms with van der Waals surface area (Å²) in [6.07, 6.45) is -4.33. The maximum absolute atomic E-state index is 13.3. The summed E-state index contributed by atoms with van der Waals surface area (Å²) in [4.78, 5) is 12.6. The van der Waals surface area contributed by atoms with Crippen molar-refractivity contribution >= 4 is 33.2 Å². The van der Waals surface area contributed by atoms with Gasteiger partial charge < -0.3 is 10.1 Å². The van der Waals surface area contributed by atoms with E-state index in [1.807, 2.05) is 0 Å². The summed E-state index contributed by atoms with van der Waals surface area (Å²) < 4.78 is 72.4. The Morgan fingerprint density at radius 1 is 1.16 bits per heavy atom. The molecule has 0 aliphatic carbocycles. The SMILES string of the molecule is COc1ccc(C)cc1S(=O)(=O)N1CCC(C(=O)Nc2ccc(Cl)cc2C(F)(F)F)CC1. The topological polar surface area (TPSA) is 75.7 Å². The quantitative estimate of drug-likeness (QED) is 0.658. The maximum Gasteiger partial charge on any atom is 0.418 e. The summed E-state index contributed by atoms with van der Waals surface area (Å²) in [7, 11) is -2.47. The number of hydrogen-bond donors (Lipinski definition) is 1. The van der Waals surface area contributed by atoms with Crippen molar-refractivity contribution in [2.45, 2.75) is 30.8 Å². The summed E-state index contributed by atoms with van der Waals surface area (Å²) >= 11 is 5.66. The molecule has 0 aromatic heterocycles. The van der Waals surface area contributed by atoms with Crippen LogP contribution in [-0.4, -0.2) is 38.8 Å². The summed E-state index contributed by atoms with van der Waals surface area (Å²) in [5.41, 5.74) is -0.668. The van der Waals surface area contributed by atoms with Crippen LogP contribution in [0.15, 0.2) is 41.3 Å². The first-order valence-corrected chi connectivity index (χ1v) is 11.6. The molecule has 1 heterocycles. The van der Waals surface area contributed by atoms with E-state index in [4.69, 9.17) is 16.3 Å². The minimum atomic E-state index is -4.68. The number of halogens is 4. The smallest absolute Gasteiger partial charge is 0.418 e. The van der Waals surface area contributed by atoms with Gasteiger partial charge in [-0.1, -0.05) is 17.7 Å². The first-order chi connectivity index (χ1) is 14.9. The fourth-order valence-electron chi connectivity index (χ4n) is 3.58. The number of aryl methyl sites for hydroxylation is 1. The molecule has 1 amide bonds. The Bertz CT molecular complexity index is 1110. The number of methoxy groups -OCH3 is 1. The van der Waals surface area contributed by atoms with Gasteiger partial charge in [0.15, 0.2) is 0 Å². The third-order valence-electron chi connectivity index (χ3n) is 5.31. The monoisotopic (exact) mass is 490 g/mol. The maximum atomic E-state index is 13.3. The minimum Gasteiger partial charge on any atom is -0.495 e. The molecule has 3 rings (SSSR count). The molecule has 0 radical (unpaired) electrons.